The molecule has 0 radical (unpaired) electrons. The van der Waals surface area contributed by atoms with Crippen LogP contribution in [0.5, 0.6) is 11.5 Å². The van der Waals surface area contributed by atoms with Crippen molar-refractivity contribution in [2.24, 2.45) is 0 Å². The van der Waals surface area contributed by atoms with E-state index in [1.165, 1.54) is 38.5 Å². The molecule has 0 saturated carbocycles. The molecule has 0 aliphatic heterocycles. The van der Waals surface area contributed by atoms with Crippen molar-refractivity contribution in [1.29, 1.82) is 0 Å². The minimum absolute atomic E-state index is 0.00206. The number of aromatic nitrogens is 3. The van der Waals surface area contributed by atoms with Gasteiger partial charge < -0.3 is 19.3 Å². The smallest absolute Gasteiger partial charge is 0.263 e. The molecule has 0 fully saturated rings. The van der Waals surface area contributed by atoms with Crippen LogP contribution in [0.1, 0.15) is 5.76 Å². The Hall–Kier alpha value is -3.34. The Morgan fingerprint density at radius 2 is 1.63 bits per heavy atom. The molecular weight excluding hydrogens is 374 g/mol. The van der Waals surface area contributed by atoms with Crippen molar-refractivity contribution in [1.82, 2.24) is 15.4 Å². The number of hydrogen-bond donors (Lipinski definition) is 2. The Bertz CT molecular complexity index is 1030. The van der Waals surface area contributed by atoms with Crippen LogP contribution in [0.2, 0.25) is 0 Å². The van der Waals surface area contributed by atoms with E-state index >= 15 is 0 Å². The molecule has 0 unspecified atom stereocenters. The molecule has 2 N–H and O–H groups in total. The average Bonchev–Trinajstić information content (AvgIpc) is 3.07. The number of aryl methyl sites for hydroxylation is 1. The molecule has 3 aromatic rings. The highest BCUT2D eigenvalue weighted by Gasteiger charge is 2.18. The van der Waals surface area contributed by atoms with Crippen molar-refractivity contribution >= 4 is 27.5 Å². The summed E-state index contributed by atoms with van der Waals surface area (Å²) in [6.07, 6.45) is 0. The molecule has 27 heavy (non-hydrogen) atoms. The van der Waals surface area contributed by atoms with Gasteiger partial charge in [0, 0.05) is 12.1 Å². The zero-order valence-corrected chi connectivity index (χ0v) is 15.6. The van der Waals surface area contributed by atoms with Gasteiger partial charge in [0.2, 0.25) is 0 Å². The second kappa shape index (κ2) is 7.50. The van der Waals surface area contributed by atoms with Gasteiger partial charge in [-0.3, -0.25) is 4.72 Å². The highest BCUT2D eigenvalue weighted by Crippen LogP contribution is 2.30. The van der Waals surface area contributed by atoms with Crippen molar-refractivity contribution in [3.05, 3.63) is 42.2 Å². The predicted octanol–water partition coefficient (Wildman–Crippen LogP) is 2.33. The molecule has 11 heteroatoms. The number of anilines is 3. The molecule has 1 aromatic carbocycles. The van der Waals surface area contributed by atoms with E-state index in [9.17, 15) is 8.42 Å². The van der Waals surface area contributed by atoms with E-state index in [1.54, 1.807) is 19.1 Å². The third kappa shape index (κ3) is 4.26. The van der Waals surface area contributed by atoms with Crippen LogP contribution in [0.3, 0.4) is 0 Å². The lowest BCUT2D eigenvalue weighted by atomic mass is 10.3. The maximum absolute atomic E-state index is 12.5. The van der Waals surface area contributed by atoms with Crippen LogP contribution in [0.25, 0.3) is 0 Å². The van der Waals surface area contributed by atoms with Crippen LogP contribution in [-0.4, -0.2) is 38.0 Å². The first kappa shape index (κ1) is 18.5. The fraction of sp³-hybridized carbons (Fsp3) is 0.188. The van der Waals surface area contributed by atoms with Crippen molar-refractivity contribution in [3.8, 4) is 11.5 Å². The number of methoxy groups -OCH3 is 2. The Labute approximate surface area is 155 Å². The topological polar surface area (TPSA) is 128 Å². The average molecular weight is 391 g/mol. The van der Waals surface area contributed by atoms with Gasteiger partial charge >= 0.3 is 0 Å². The number of sulfonamides is 1. The number of rotatable bonds is 7. The number of hydrogen-bond acceptors (Lipinski definition) is 9. The first-order valence-corrected chi connectivity index (χ1v) is 9.18. The molecule has 0 spiro atoms. The quantitative estimate of drug-likeness (QED) is 0.623. The summed E-state index contributed by atoms with van der Waals surface area (Å²) in [4.78, 5) is 0.00206. The molecule has 10 nitrogen and oxygen atoms in total. The van der Waals surface area contributed by atoms with E-state index in [-0.39, 0.29) is 10.7 Å². The highest BCUT2D eigenvalue weighted by molar-refractivity contribution is 7.92. The zero-order chi connectivity index (χ0) is 19.4. The zero-order valence-electron chi connectivity index (χ0n) is 14.8. The van der Waals surface area contributed by atoms with Gasteiger partial charge in [-0.2, -0.15) is 0 Å². The standard InChI is InChI=1S/C16H17N5O5S/c1-10-8-16(20-26-10)17-14-6-7-15(19-18-14)21-27(22,23)11-4-5-12(24-2)13(9-11)25-3/h4-9H,1-3H3,(H,19,21)(H,17,18,20). The van der Waals surface area contributed by atoms with E-state index in [1.807, 2.05) is 0 Å². The van der Waals surface area contributed by atoms with Crippen molar-refractivity contribution < 1.29 is 22.4 Å². The second-order valence-electron chi connectivity index (χ2n) is 5.37. The maximum Gasteiger partial charge on any atom is 0.263 e. The largest absolute Gasteiger partial charge is 0.493 e. The second-order valence-corrected chi connectivity index (χ2v) is 7.06. The van der Waals surface area contributed by atoms with Crippen LogP contribution in [0, 0.1) is 6.92 Å². The Kier molecular flexibility index (Phi) is 5.12. The molecule has 142 valence electrons. The fourth-order valence-corrected chi connectivity index (χ4v) is 3.20. The van der Waals surface area contributed by atoms with Crippen LogP contribution in [0.4, 0.5) is 17.5 Å². The summed E-state index contributed by atoms with van der Waals surface area (Å²) in [5.41, 5.74) is 0. The summed E-state index contributed by atoms with van der Waals surface area (Å²) < 4.78 is 42.6. The van der Waals surface area contributed by atoms with Gasteiger partial charge in [-0.15, -0.1) is 10.2 Å². The normalized spacial score (nSPS) is 11.1. The Morgan fingerprint density at radius 3 is 2.22 bits per heavy atom. The predicted molar refractivity (Wildman–Crippen MR) is 96.9 cm³/mol. The molecule has 0 saturated heterocycles. The number of benzene rings is 1. The third-order valence-electron chi connectivity index (χ3n) is 3.45. The fourth-order valence-electron chi connectivity index (χ4n) is 2.19. The van der Waals surface area contributed by atoms with Crippen molar-refractivity contribution in [3.63, 3.8) is 0 Å². The van der Waals surface area contributed by atoms with Crippen LogP contribution < -0.4 is 19.5 Å². The summed E-state index contributed by atoms with van der Waals surface area (Å²) in [7, 11) is -0.981. The van der Waals surface area contributed by atoms with Gasteiger partial charge in [0.05, 0.1) is 19.1 Å². The lowest BCUT2D eigenvalue weighted by molar-refractivity contribution is 0.354. The van der Waals surface area contributed by atoms with E-state index < -0.39 is 10.0 Å². The summed E-state index contributed by atoms with van der Waals surface area (Å²) in [6, 6.07) is 8.99. The SMILES string of the molecule is COc1ccc(S(=O)(=O)Nc2ccc(Nc3cc(C)on3)nn2)cc1OC. The van der Waals surface area contributed by atoms with E-state index in [4.69, 9.17) is 14.0 Å². The third-order valence-corrected chi connectivity index (χ3v) is 4.81. The lowest BCUT2D eigenvalue weighted by Crippen LogP contribution is -2.14. The van der Waals surface area contributed by atoms with Crippen LogP contribution in [0.15, 0.2) is 45.8 Å². The molecule has 2 heterocycles. The van der Waals surface area contributed by atoms with Gasteiger partial charge in [0.25, 0.3) is 10.0 Å². The summed E-state index contributed by atoms with van der Waals surface area (Å²) in [6.45, 7) is 1.76. The summed E-state index contributed by atoms with van der Waals surface area (Å²) in [5.74, 6) is 2.29. The summed E-state index contributed by atoms with van der Waals surface area (Å²) in [5, 5.41) is 14.4. The number of ether oxygens (including phenoxy) is 2. The van der Waals surface area contributed by atoms with Gasteiger partial charge in [-0.25, -0.2) is 8.42 Å². The molecule has 2 aromatic heterocycles. The van der Waals surface area contributed by atoms with E-state index in [0.29, 0.717) is 28.9 Å². The lowest BCUT2D eigenvalue weighted by Gasteiger charge is -2.11. The van der Waals surface area contributed by atoms with Crippen LogP contribution >= 0.6 is 0 Å². The molecule has 0 amide bonds. The minimum Gasteiger partial charge on any atom is -0.493 e. The van der Waals surface area contributed by atoms with E-state index in [2.05, 4.69) is 25.4 Å². The van der Waals surface area contributed by atoms with Gasteiger partial charge in [-0.1, -0.05) is 5.16 Å². The number of nitrogens with one attached hydrogen (secondary N) is 2. The van der Waals surface area contributed by atoms with Crippen LogP contribution in [-0.2, 0) is 10.0 Å². The monoisotopic (exact) mass is 391 g/mol. The van der Waals surface area contributed by atoms with Gasteiger partial charge in [0.1, 0.15) is 5.76 Å². The van der Waals surface area contributed by atoms with Gasteiger partial charge in [-0.05, 0) is 31.2 Å². The molecule has 0 aliphatic carbocycles. The maximum atomic E-state index is 12.5. The Morgan fingerprint density at radius 1 is 0.926 bits per heavy atom. The van der Waals surface area contributed by atoms with Crippen molar-refractivity contribution in [2.45, 2.75) is 11.8 Å². The minimum atomic E-state index is -3.88. The number of nitrogens with zero attached hydrogens (tertiary/aromatic N) is 3. The molecule has 0 aliphatic rings. The summed E-state index contributed by atoms with van der Waals surface area (Å²) >= 11 is 0. The Balaban J connectivity index is 1.75. The highest BCUT2D eigenvalue weighted by atomic mass is 32.2. The van der Waals surface area contributed by atoms with E-state index in [0.717, 1.165) is 0 Å². The van der Waals surface area contributed by atoms with Crippen molar-refractivity contribution in [2.75, 3.05) is 24.3 Å². The molecule has 0 atom stereocenters. The molecular formula is C16H17N5O5S. The van der Waals surface area contributed by atoms with Gasteiger partial charge in [0.15, 0.2) is 29.0 Å². The molecule has 3 rings (SSSR count). The molecule has 0 bridgehead atoms. The first-order valence-electron chi connectivity index (χ1n) is 7.70. The first-order chi connectivity index (χ1) is 12.9.